The van der Waals surface area contributed by atoms with Gasteiger partial charge in [0.2, 0.25) is 0 Å². The lowest BCUT2D eigenvalue weighted by Gasteiger charge is -2.25. The highest BCUT2D eigenvalue weighted by Crippen LogP contribution is 2.27. The summed E-state index contributed by atoms with van der Waals surface area (Å²) in [6.45, 7) is 6.42. The third-order valence-electron chi connectivity index (χ3n) is 2.54. The van der Waals surface area contributed by atoms with Crippen molar-refractivity contribution < 1.29 is 0 Å². The van der Waals surface area contributed by atoms with E-state index < -0.39 is 0 Å². The van der Waals surface area contributed by atoms with Crippen LogP contribution in [0.2, 0.25) is 0 Å². The smallest absolute Gasteiger partial charge is 0.0103 e. The second kappa shape index (κ2) is 4.61. The van der Waals surface area contributed by atoms with E-state index in [-0.39, 0.29) is 5.54 Å². The Morgan fingerprint density at radius 3 is 2.21 bits per heavy atom. The quantitative estimate of drug-likeness (QED) is 0.776. The van der Waals surface area contributed by atoms with E-state index in [0.717, 1.165) is 12.8 Å². The molecular weight excluding hydrogens is 170 g/mol. The van der Waals surface area contributed by atoms with Crippen molar-refractivity contribution in [2.45, 2.75) is 45.1 Å². The van der Waals surface area contributed by atoms with Gasteiger partial charge in [-0.2, -0.15) is 0 Å². The molecule has 1 heteroatoms. The molecule has 1 aromatic carbocycles. The van der Waals surface area contributed by atoms with E-state index in [4.69, 9.17) is 5.73 Å². The molecule has 0 aliphatic rings. The maximum atomic E-state index is 6.05. The van der Waals surface area contributed by atoms with Gasteiger partial charge >= 0.3 is 0 Å². The van der Waals surface area contributed by atoms with Gasteiger partial charge in [-0.1, -0.05) is 37.3 Å². The minimum absolute atomic E-state index is 0.0729. The highest BCUT2D eigenvalue weighted by Gasteiger charge is 2.18. The number of hydrogen-bond acceptors (Lipinski definition) is 1. The summed E-state index contributed by atoms with van der Waals surface area (Å²) in [6.07, 6.45) is 2.21. The third kappa shape index (κ3) is 3.51. The Bertz CT molecular complexity index is 258. The van der Waals surface area contributed by atoms with E-state index in [1.165, 1.54) is 5.56 Å². The molecule has 1 atom stereocenters. The van der Waals surface area contributed by atoms with Gasteiger partial charge in [-0.15, -0.1) is 0 Å². The summed E-state index contributed by atoms with van der Waals surface area (Å²) in [5, 5.41) is 0. The molecule has 0 spiro atoms. The maximum absolute atomic E-state index is 6.05. The Balaban J connectivity index is 2.73. The molecule has 1 rings (SSSR count). The standard InChI is InChI=1S/C13H21N/c1-4-11(10-13(2,3)14)12-8-6-5-7-9-12/h5-9,11H,4,10,14H2,1-3H3. The highest BCUT2D eigenvalue weighted by atomic mass is 14.7. The van der Waals surface area contributed by atoms with Crippen molar-refractivity contribution in [2.75, 3.05) is 0 Å². The summed E-state index contributed by atoms with van der Waals surface area (Å²) in [5.41, 5.74) is 7.39. The number of benzene rings is 1. The van der Waals surface area contributed by atoms with E-state index in [0.29, 0.717) is 5.92 Å². The summed E-state index contributed by atoms with van der Waals surface area (Å²) in [7, 11) is 0. The van der Waals surface area contributed by atoms with Crippen molar-refractivity contribution >= 4 is 0 Å². The summed E-state index contributed by atoms with van der Waals surface area (Å²) in [6, 6.07) is 10.6. The minimum Gasteiger partial charge on any atom is -0.326 e. The lowest BCUT2D eigenvalue weighted by atomic mass is 9.85. The van der Waals surface area contributed by atoms with Crippen LogP contribution in [0.4, 0.5) is 0 Å². The van der Waals surface area contributed by atoms with Gasteiger partial charge in [0.25, 0.3) is 0 Å². The van der Waals surface area contributed by atoms with Gasteiger partial charge in [0, 0.05) is 5.54 Å². The summed E-state index contributed by atoms with van der Waals surface area (Å²) >= 11 is 0. The minimum atomic E-state index is -0.0729. The van der Waals surface area contributed by atoms with Crippen molar-refractivity contribution in [1.82, 2.24) is 0 Å². The third-order valence-corrected chi connectivity index (χ3v) is 2.54. The van der Waals surface area contributed by atoms with Gasteiger partial charge in [-0.05, 0) is 38.2 Å². The Labute approximate surface area is 87.3 Å². The lowest BCUT2D eigenvalue weighted by Crippen LogP contribution is -2.33. The maximum Gasteiger partial charge on any atom is 0.0103 e. The van der Waals surface area contributed by atoms with Crippen LogP contribution in [-0.4, -0.2) is 5.54 Å². The van der Waals surface area contributed by atoms with E-state index in [2.05, 4.69) is 51.1 Å². The van der Waals surface area contributed by atoms with Crippen LogP contribution in [-0.2, 0) is 0 Å². The predicted octanol–water partition coefficient (Wildman–Crippen LogP) is 3.31. The molecule has 78 valence electrons. The fourth-order valence-electron chi connectivity index (χ4n) is 1.86. The summed E-state index contributed by atoms with van der Waals surface area (Å²) in [5.74, 6) is 0.594. The average Bonchev–Trinajstić information content (AvgIpc) is 2.14. The van der Waals surface area contributed by atoms with Crippen molar-refractivity contribution in [1.29, 1.82) is 0 Å². The lowest BCUT2D eigenvalue weighted by molar-refractivity contribution is 0.417. The molecule has 0 aliphatic carbocycles. The molecule has 0 bridgehead atoms. The van der Waals surface area contributed by atoms with Gasteiger partial charge < -0.3 is 5.73 Å². The molecule has 0 amide bonds. The molecule has 1 unspecified atom stereocenters. The van der Waals surface area contributed by atoms with Crippen LogP contribution in [0.1, 0.15) is 45.1 Å². The van der Waals surface area contributed by atoms with E-state index >= 15 is 0 Å². The van der Waals surface area contributed by atoms with Gasteiger partial charge in [0.1, 0.15) is 0 Å². The van der Waals surface area contributed by atoms with E-state index in [1.807, 2.05) is 0 Å². The monoisotopic (exact) mass is 191 g/mol. The van der Waals surface area contributed by atoms with E-state index in [1.54, 1.807) is 0 Å². The summed E-state index contributed by atoms with van der Waals surface area (Å²) < 4.78 is 0. The Morgan fingerprint density at radius 1 is 1.21 bits per heavy atom. The zero-order chi connectivity index (χ0) is 10.6. The first-order valence-electron chi connectivity index (χ1n) is 5.37. The van der Waals surface area contributed by atoms with Gasteiger partial charge in [0.15, 0.2) is 0 Å². The molecule has 2 N–H and O–H groups in total. The molecule has 1 nitrogen and oxygen atoms in total. The predicted molar refractivity (Wildman–Crippen MR) is 62.4 cm³/mol. The van der Waals surface area contributed by atoms with Crippen LogP contribution in [0, 0.1) is 0 Å². The van der Waals surface area contributed by atoms with Crippen LogP contribution in [0.15, 0.2) is 30.3 Å². The molecule has 0 radical (unpaired) electrons. The second-order valence-corrected chi connectivity index (χ2v) is 4.71. The average molecular weight is 191 g/mol. The highest BCUT2D eigenvalue weighted by molar-refractivity contribution is 5.19. The summed E-state index contributed by atoms with van der Waals surface area (Å²) in [4.78, 5) is 0. The van der Waals surface area contributed by atoms with Crippen LogP contribution in [0.5, 0.6) is 0 Å². The van der Waals surface area contributed by atoms with Crippen molar-refractivity contribution in [3.63, 3.8) is 0 Å². The first-order chi connectivity index (χ1) is 6.53. The largest absolute Gasteiger partial charge is 0.326 e. The molecule has 0 heterocycles. The molecule has 1 aromatic rings. The number of rotatable bonds is 4. The zero-order valence-corrected chi connectivity index (χ0v) is 9.46. The molecular formula is C13H21N. The fraction of sp³-hybridized carbons (Fsp3) is 0.538. The molecule has 0 aromatic heterocycles. The van der Waals surface area contributed by atoms with Crippen molar-refractivity contribution in [3.05, 3.63) is 35.9 Å². The Kier molecular flexibility index (Phi) is 3.70. The van der Waals surface area contributed by atoms with Crippen molar-refractivity contribution in [3.8, 4) is 0 Å². The molecule has 0 saturated carbocycles. The molecule has 0 saturated heterocycles. The van der Waals surface area contributed by atoms with Crippen LogP contribution < -0.4 is 5.73 Å². The van der Waals surface area contributed by atoms with Crippen LogP contribution >= 0.6 is 0 Å². The Hall–Kier alpha value is -0.820. The van der Waals surface area contributed by atoms with Gasteiger partial charge in [-0.25, -0.2) is 0 Å². The normalized spacial score (nSPS) is 14.0. The first-order valence-corrected chi connectivity index (χ1v) is 5.37. The topological polar surface area (TPSA) is 26.0 Å². The number of hydrogen-bond donors (Lipinski definition) is 1. The van der Waals surface area contributed by atoms with E-state index in [9.17, 15) is 0 Å². The Morgan fingerprint density at radius 2 is 1.79 bits per heavy atom. The fourth-order valence-corrected chi connectivity index (χ4v) is 1.86. The van der Waals surface area contributed by atoms with Gasteiger partial charge in [-0.3, -0.25) is 0 Å². The second-order valence-electron chi connectivity index (χ2n) is 4.71. The first kappa shape index (κ1) is 11.3. The number of nitrogens with two attached hydrogens (primary N) is 1. The molecule has 0 aliphatic heterocycles. The molecule has 14 heavy (non-hydrogen) atoms. The van der Waals surface area contributed by atoms with Gasteiger partial charge in [0.05, 0.1) is 0 Å². The van der Waals surface area contributed by atoms with Crippen LogP contribution in [0.3, 0.4) is 0 Å². The van der Waals surface area contributed by atoms with Crippen LogP contribution in [0.25, 0.3) is 0 Å². The van der Waals surface area contributed by atoms with Crippen molar-refractivity contribution in [2.24, 2.45) is 5.73 Å². The zero-order valence-electron chi connectivity index (χ0n) is 9.46. The molecule has 0 fully saturated rings. The SMILES string of the molecule is CCC(CC(C)(C)N)c1ccccc1.